The molecule has 3 aromatic rings. The van der Waals surface area contributed by atoms with Crippen LogP contribution in [0.25, 0.3) is 0 Å². The molecule has 1 heterocycles. The number of carbonyl (C=O) groups excluding carboxylic acids is 1. The Balaban J connectivity index is 1.39. The van der Waals surface area contributed by atoms with Gasteiger partial charge in [0.1, 0.15) is 6.61 Å². The van der Waals surface area contributed by atoms with Gasteiger partial charge in [-0.25, -0.2) is 4.79 Å². The van der Waals surface area contributed by atoms with Gasteiger partial charge in [-0.3, -0.25) is 14.8 Å². The molecule has 1 aromatic heterocycles. The maximum Gasteiger partial charge on any atom is 0.410 e. The largest absolute Gasteiger partial charge is 0.445 e. The number of carbonyl (C=O) groups is 1. The smallest absolute Gasteiger partial charge is 0.410 e. The molecule has 2 atom stereocenters. The lowest BCUT2D eigenvalue weighted by Gasteiger charge is -2.37. The molecule has 4 rings (SSSR count). The predicted molar refractivity (Wildman–Crippen MR) is 138 cm³/mol. The van der Waals surface area contributed by atoms with Crippen molar-refractivity contribution < 1.29 is 9.53 Å². The summed E-state index contributed by atoms with van der Waals surface area (Å²) in [5.41, 5.74) is 10.8. The Morgan fingerprint density at radius 1 is 0.886 bits per heavy atom. The molecule has 2 N–H and O–H groups in total. The van der Waals surface area contributed by atoms with Crippen LogP contribution in [0.3, 0.4) is 0 Å². The summed E-state index contributed by atoms with van der Waals surface area (Å²) in [4.78, 5) is 21.7. The SMILES string of the molecule is CN(Cc1ccc(CN(C(=O)OCc2ccccc2)[C@@H]2CCCC[C@@H]2N)cc1)Cc1ccccn1. The Morgan fingerprint density at radius 3 is 2.26 bits per heavy atom. The van der Waals surface area contributed by atoms with Crippen molar-refractivity contribution in [2.75, 3.05) is 7.05 Å². The fraction of sp³-hybridized carbons (Fsp3) is 0.379. The monoisotopic (exact) mass is 472 g/mol. The molecule has 0 aliphatic heterocycles. The molecule has 0 unspecified atom stereocenters. The van der Waals surface area contributed by atoms with Crippen LogP contribution in [-0.2, 0) is 31.0 Å². The summed E-state index contributed by atoms with van der Waals surface area (Å²) in [6.45, 7) is 2.38. The van der Waals surface area contributed by atoms with E-state index in [1.165, 1.54) is 5.56 Å². The topological polar surface area (TPSA) is 71.7 Å². The van der Waals surface area contributed by atoms with Gasteiger partial charge in [0.25, 0.3) is 0 Å². The molecule has 2 aromatic carbocycles. The number of pyridine rings is 1. The van der Waals surface area contributed by atoms with Crippen LogP contribution in [0, 0.1) is 0 Å². The highest BCUT2D eigenvalue weighted by Crippen LogP contribution is 2.25. The standard InChI is InChI=1S/C29H36N4O2/c1-32(21-26-11-7-8-18-31-26)19-23-14-16-24(17-15-23)20-33(28-13-6-5-12-27(28)30)29(34)35-22-25-9-3-2-4-10-25/h2-4,7-11,14-18,27-28H,5-6,12-13,19-22,30H2,1H3/t27-,28+/m0/s1. The van der Waals surface area contributed by atoms with E-state index in [2.05, 4.69) is 41.2 Å². The van der Waals surface area contributed by atoms with Crippen molar-refractivity contribution in [3.63, 3.8) is 0 Å². The first-order valence-electron chi connectivity index (χ1n) is 12.5. The summed E-state index contributed by atoms with van der Waals surface area (Å²) in [5.74, 6) is 0. The minimum absolute atomic E-state index is 0.00351. The molecule has 0 radical (unpaired) electrons. The molecular formula is C29H36N4O2. The van der Waals surface area contributed by atoms with Crippen molar-refractivity contribution in [1.29, 1.82) is 0 Å². The quantitative estimate of drug-likeness (QED) is 0.468. The molecular weight excluding hydrogens is 436 g/mol. The van der Waals surface area contributed by atoms with Crippen LogP contribution in [0.4, 0.5) is 4.79 Å². The average molecular weight is 473 g/mol. The van der Waals surface area contributed by atoms with Gasteiger partial charge in [0, 0.05) is 31.9 Å². The lowest BCUT2D eigenvalue weighted by atomic mass is 9.89. The van der Waals surface area contributed by atoms with E-state index < -0.39 is 0 Å². The zero-order valence-electron chi connectivity index (χ0n) is 20.6. The first kappa shape index (κ1) is 24.9. The molecule has 1 amide bonds. The average Bonchev–Trinajstić information content (AvgIpc) is 2.88. The van der Waals surface area contributed by atoms with E-state index in [4.69, 9.17) is 10.5 Å². The Bertz CT molecular complexity index is 1040. The molecule has 35 heavy (non-hydrogen) atoms. The number of amides is 1. The third-order valence-electron chi connectivity index (χ3n) is 6.61. The molecule has 1 aliphatic carbocycles. The van der Waals surface area contributed by atoms with Crippen molar-refractivity contribution in [1.82, 2.24) is 14.8 Å². The summed E-state index contributed by atoms with van der Waals surface area (Å²) >= 11 is 0. The molecule has 6 heteroatoms. The van der Waals surface area contributed by atoms with Gasteiger partial charge in [-0.1, -0.05) is 73.5 Å². The second kappa shape index (κ2) is 12.5. The maximum absolute atomic E-state index is 13.2. The number of nitrogens with two attached hydrogens (primary N) is 1. The van der Waals surface area contributed by atoms with Crippen LogP contribution in [0.15, 0.2) is 79.0 Å². The first-order chi connectivity index (χ1) is 17.1. The third-order valence-corrected chi connectivity index (χ3v) is 6.61. The van der Waals surface area contributed by atoms with Crippen LogP contribution in [0.2, 0.25) is 0 Å². The number of aromatic nitrogens is 1. The molecule has 1 saturated carbocycles. The van der Waals surface area contributed by atoms with Crippen molar-refractivity contribution >= 4 is 6.09 Å². The van der Waals surface area contributed by atoms with E-state index in [0.29, 0.717) is 6.54 Å². The van der Waals surface area contributed by atoms with Crippen molar-refractivity contribution in [2.24, 2.45) is 5.73 Å². The normalized spacial score (nSPS) is 17.8. The number of rotatable bonds is 9. The van der Waals surface area contributed by atoms with Gasteiger partial charge >= 0.3 is 6.09 Å². The Hall–Kier alpha value is -3.22. The van der Waals surface area contributed by atoms with Gasteiger partial charge in [0.05, 0.1) is 11.7 Å². The second-order valence-electron chi connectivity index (χ2n) is 9.49. The number of nitrogens with zero attached hydrogens (tertiary/aromatic N) is 3. The molecule has 6 nitrogen and oxygen atoms in total. The first-order valence-corrected chi connectivity index (χ1v) is 12.5. The molecule has 0 bridgehead atoms. The van der Waals surface area contributed by atoms with E-state index in [-0.39, 0.29) is 24.8 Å². The van der Waals surface area contributed by atoms with Gasteiger partial charge in [-0.05, 0) is 48.7 Å². The van der Waals surface area contributed by atoms with Crippen molar-refractivity contribution in [2.45, 2.75) is 64.0 Å². The van der Waals surface area contributed by atoms with Crippen LogP contribution in [0.5, 0.6) is 0 Å². The van der Waals surface area contributed by atoms with Crippen LogP contribution < -0.4 is 5.73 Å². The van der Waals surface area contributed by atoms with Crippen LogP contribution >= 0.6 is 0 Å². The Morgan fingerprint density at radius 2 is 1.57 bits per heavy atom. The molecule has 0 spiro atoms. The van der Waals surface area contributed by atoms with Crippen LogP contribution in [-0.4, -0.2) is 40.0 Å². The van der Waals surface area contributed by atoms with Gasteiger partial charge in [0.15, 0.2) is 0 Å². The fourth-order valence-electron chi connectivity index (χ4n) is 4.73. The van der Waals surface area contributed by atoms with E-state index >= 15 is 0 Å². The highest BCUT2D eigenvalue weighted by atomic mass is 16.6. The predicted octanol–water partition coefficient (Wildman–Crippen LogP) is 5.12. The summed E-state index contributed by atoms with van der Waals surface area (Å²) < 4.78 is 5.72. The number of hydrogen-bond donors (Lipinski definition) is 1. The third kappa shape index (κ3) is 7.38. The summed E-state index contributed by atoms with van der Waals surface area (Å²) in [6.07, 6.45) is 5.59. The molecule has 1 aliphatic rings. The number of ether oxygens (including phenoxy) is 1. The zero-order valence-corrected chi connectivity index (χ0v) is 20.6. The zero-order chi connectivity index (χ0) is 24.5. The molecule has 184 valence electrons. The minimum atomic E-state index is -0.296. The number of benzene rings is 2. The lowest BCUT2D eigenvalue weighted by molar-refractivity contribution is 0.0629. The summed E-state index contributed by atoms with van der Waals surface area (Å²) in [5, 5.41) is 0. The van der Waals surface area contributed by atoms with E-state index in [1.807, 2.05) is 59.6 Å². The van der Waals surface area contributed by atoms with E-state index in [1.54, 1.807) is 0 Å². The summed E-state index contributed by atoms with van der Waals surface area (Å²) in [7, 11) is 2.09. The second-order valence-corrected chi connectivity index (χ2v) is 9.49. The van der Waals surface area contributed by atoms with E-state index in [0.717, 1.165) is 55.6 Å². The molecule has 1 fully saturated rings. The van der Waals surface area contributed by atoms with Gasteiger partial charge < -0.3 is 10.5 Å². The van der Waals surface area contributed by atoms with Gasteiger partial charge in [-0.2, -0.15) is 0 Å². The highest BCUT2D eigenvalue weighted by Gasteiger charge is 2.32. The van der Waals surface area contributed by atoms with Crippen LogP contribution in [0.1, 0.15) is 48.1 Å². The van der Waals surface area contributed by atoms with Gasteiger partial charge in [-0.15, -0.1) is 0 Å². The van der Waals surface area contributed by atoms with Crippen molar-refractivity contribution in [3.05, 3.63) is 101 Å². The lowest BCUT2D eigenvalue weighted by Crippen LogP contribution is -2.51. The Labute approximate surface area is 208 Å². The van der Waals surface area contributed by atoms with Gasteiger partial charge in [0.2, 0.25) is 0 Å². The highest BCUT2D eigenvalue weighted by molar-refractivity contribution is 5.68. The van der Waals surface area contributed by atoms with E-state index in [9.17, 15) is 4.79 Å². The number of hydrogen-bond acceptors (Lipinski definition) is 5. The summed E-state index contributed by atoms with van der Waals surface area (Å²) in [6, 6.07) is 24.2. The maximum atomic E-state index is 13.2. The molecule has 0 saturated heterocycles. The Kier molecular flexibility index (Phi) is 8.87. The minimum Gasteiger partial charge on any atom is -0.445 e. The fourth-order valence-corrected chi connectivity index (χ4v) is 4.73. The van der Waals surface area contributed by atoms with Crippen molar-refractivity contribution in [3.8, 4) is 0 Å².